The maximum atomic E-state index is 12.5. The zero-order valence-corrected chi connectivity index (χ0v) is 34.5. The summed E-state index contributed by atoms with van der Waals surface area (Å²) in [4.78, 5) is 34.4. The van der Waals surface area contributed by atoms with E-state index in [1.807, 2.05) is 0 Å². The van der Waals surface area contributed by atoms with Gasteiger partial charge in [-0.05, 0) is 83.5 Å². The summed E-state index contributed by atoms with van der Waals surface area (Å²) in [6.45, 7) is 3.71. The number of phosphoric ester groups is 1. The van der Waals surface area contributed by atoms with Crippen LogP contribution in [0.25, 0.3) is 0 Å². The van der Waals surface area contributed by atoms with Crippen molar-refractivity contribution in [2.75, 3.05) is 20.3 Å². The van der Waals surface area contributed by atoms with Crippen LogP contribution in [0.15, 0.2) is 72.9 Å². The van der Waals surface area contributed by atoms with Gasteiger partial charge in [-0.3, -0.25) is 18.6 Å². The first-order valence-corrected chi connectivity index (χ1v) is 22.1. The number of carbonyl (C=O) groups is 2. The van der Waals surface area contributed by atoms with E-state index < -0.39 is 32.5 Å². The van der Waals surface area contributed by atoms with E-state index in [0.29, 0.717) is 6.42 Å². The molecule has 0 bridgehead atoms. The van der Waals surface area contributed by atoms with Crippen molar-refractivity contribution >= 4 is 19.8 Å². The van der Waals surface area contributed by atoms with Crippen LogP contribution in [-0.4, -0.2) is 43.3 Å². The molecule has 0 aliphatic rings. The molecule has 0 fully saturated rings. The number of unbranched alkanes of at least 4 members (excludes halogenated alkanes) is 14. The largest absolute Gasteiger partial charge is 0.472 e. The molecule has 0 aromatic carbocycles. The van der Waals surface area contributed by atoms with Crippen LogP contribution in [0.4, 0.5) is 0 Å². The van der Waals surface area contributed by atoms with Gasteiger partial charge in [0.15, 0.2) is 6.10 Å². The van der Waals surface area contributed by atoms with Crippen LogP contribution in [-0.2, 0) is 32.7 Å². The average Bonchev–Trinajstić information content (AvgIpc) is 3.15. The second kappa shape index (κ2) is 39.2. The molecule has 9 heteroatoms. The third kappa shape index (κ3) is 39.0. The van der Waals surface area contributed by atoms with E-state index in [-0.39, 0.29) is 19.4 Å². The summed E-state index contributed by atoms with van der Waals surface area (Å²) < 4.78 is 31.9. The van der Waals surface area contributed by atoms with Gasteiger partial charge in [-0.15, -0.1) is 0 Å². The van der Waals surface area contributed by atoms with Gasteiger partial charge in [0.2, 0.25) is 0 Å². The van der Waals surface area contributed by atoms with Crippen molar-refractivity contribution in [3.8, 4) is 0 Å². The van der Waals surface area contributed by atoms with Gasteiger partial charge < -0.3 is 14.4 Å². The van der Waals surface area contributed by atoms with Crippen LogP contribution in [0, 0.1) is 0 Å². The molecule has 0 aromatic rings. The molecule has 0 amide bonds. The van der Waals surface area contributed by atoms with Crippen LogP contribution < -0.4 is 0 Å². The maximum Gasteiger partial charge on any atom is 0.472 e. The lowest BCUT2D eigenvalue weighted by atomic mass is 10.1. The lowest BCUT2D eigenvalue weighted by Gasteiger charge is -2.19. The molecule has 8 nitrogen and oxygen atoms in total. The lowest BCUT2D eigenvalue weighted by molar-refractivity contribution is -0.161. The SMILES string of the molecule is CC/C=C\C/C=C\C/C=C\C/C=C\CCCCCCCCC(=O)OC(COC(=O)CCCCCCC/C=C\C/C=C\CCCCC)COP(=O)(O)OC. The molecule has 1 N–H and O–H groups in total. The molecule has 0 saturated carbocycles. The molecule has 53 heavy (non-hydrogen) atoms. The van der Waals surface area contributed by atoms with E-state index in [2.05, 4.69) is 91.3 Å². The first kappa shape index (κ1) is 50.5. The van der Waals surface area contributed by atoms with Gasteiger partial charge in [-0.25, -0.2) is 4.57 Å². The molecular weight excluding hydrogens is 687 g/mol. The highest BCUT2D eigenvalue weighted by Gasteiger charge is 2.24. The molecule has 2 atom stereocenters. The Hall–Kier alpha value is -2.51. The van der Waals surface area contributed by atoms with E-state index in [1.165, 1.54) is 25.7 Å². The number of allylic oxidation sites excluding steroid dienone is 12. The number of ether oxygens (including phenoxy) is 2. The zero-order chi connectivity index (χ0) is 38.9. The fourth-order valence-electron chi connectivity index (χ4n) is 5.27. The number of esters is 2. The topological polar surface area (TPSA) is 108 Å². The van der Waals surface area contributed by atoms with Gasteiger partial charge in [0.25, 0.3) is 0 Å². The predicted molar refractivity (Wildman–Crippen MR) is 221 cm³/mol. The van der Waals surface area contributed by atoms with Crippen molar-refractivity contribution < 1.29 is 37.6 Å². The van der Waals surface area contributed by atoms with Gasteiger partial charge in [-0.1, -0.05) is 145 Å². The highest BCUT2D eigenvalue weighted by atomic mass is 31.2. The minimum atomic E-state index is -4.27. The Kier molecular flexibility index (Phi) is 37.3. The quantitative estimate of drug-likeness (QED) is 0.0288. The normalized spacial score (nSPS) is 14.1. The molecule has 2 unspecified atom stereocenters. The average molecular weight is 763 g/mol. The molecule has 0 aromatic heterocycles. The maximum absolute atomic E-state index is 12.5. The third-order valence-corrected chi connectivity index (χ3v) is 9.37. The van der Waals surface area contributed by atoms with Crippen molar-refractivity contribution in [3.05, 3.63) is 72.9 Å². The van der Waals surface area contributed by atoms with Crippen molar-refractivity contribution in [1.29, 1.82) is 0 Å². The zero-order valence-electron chi connectivity index (χ0n) is 33.6. The first-order chi connectivity index (χ1) is 25.8. The lowest BCUT2D eigenvalue weighted by Crippen LogP contribution is -2.29. The molecule has 0 aliphatic carbocycles. The van der Waals surface area contributed by atoms with E-state index in [0.717, 1.165) is 116 Å². The highest BCUT2D eigenvalue weighted by molar-refractivity contribution is 7.47. The summed E-state index contributed by atoms with van der Waals surface area (Å²) in [5, 5.41) is 0. The molecule has 0 rings (SSSR count). The number of hydrogen-bond donors (Lipinski definition) is 1. The van der Waals surface area contributed by atoms with E-state index in [9.17, 15) is 19.0 Å². The first-order valence-electron chi connectivity index (χ1n) is 20.6. The smallest absolute Gasteiger partial charge is 0.462 e. The molecule has 0 radical (unpaired) electrons. The van der Waals surface area contributed by atoms with Crippen LogP contribution in [0.5, 0.6) is 0 Å². The van der Waals surface area contributed by atoms with Crippen LogP contribution >= 0.6 is 7.82 Å². The Morgan fingerprint density at radius 1 is 0.547 bits per heavy atom. The minimum Gasteiger partial charge on any atom is -0.462 e. The van der Waals surface area contributed by atoms with Crippen LogP contribution in [0.2, 0.25) is 0 Å². The third-order valence-electron chi connectivity index (χ3n) is 8.43. The Labute approximate surface area is 323 Å². The Morgan fingerprint density at radius 2 is 0.962 bits per heavy atom. The van der Waals surface area contributed by atoms with Gasteiger partial charge in [0, 0.05) is 20.0 Å². The summed E-state index contributed by atoms with van der Waals surface area (Å²) in [7, 11) is -3.22. The van der Waals surface area contributed by atoms with Crippen molar-refractivity contribution in [3.63, 3.8) is 0 Å². The van der Waals surface area contributed by atoms with E-state index in [1.54, 1.807) is 0 Å². The molecule has 0 saturated heterocycles. The van der Waals surface area contributed by atoms with Crippen molar-refractivity contribution in [2.45, 2.75) is 174 Å². The molecular formula is C44H75O8P. The van der Waals surface area contributed by atoms with Gasteiger partial charge in [-0.2, -0.15) is 0 Å². The number of hydrogen-bond acceptors (Lipinski definition) is 7. The Morgan fingerprint density at radius 3 is 1.43 bits per heavy atom. The van der Waals surface area contributed by atoms with Crippen molar-refractivity contribution in [2.24, 2.45) is 0 Å². The predicted octanol–water partition coefficient (Wildman–Crippen LogP) is 12.9. The fourth-order valence-corrected chi connectivity index (χ4v) is 5.73. The molecule has 0 spiro atoms. The summed E-state index contributed by atoms with van der Waals surface area (Å²) in [6.07, 6.45) is 49.5. The summed E-state index contributed by atoms with van der Waals surface area (Å²) in [5.41, 5.74) is 0. The number of rotatable bonds is 37. The second-order valence-electron chi connectivity index (χ2n) is 13.4. The summed E-state index contributed by atoms with van der Waals surface area (Å²) in [5.74, 6) is -0.842. The van der Waals surface area contributed by atoms with Crippen molar-refractivity contribution in [1.82, 2.24) is 0 Å². The van der Waals surface area contributed by atoms with Gasteiger partial charge in [0.05, 0.1) is 6.61 Å². The Bertz CT molecular complexity index is 1090. The molecule has 0 aliphatic heterocycles. The molecule has 304 valence electrons. The second-order valence-corrected chi connectivity index (χ2v) is 14.9. The van der Waals surface area contributed by atoms with E-state index in [4.69, 9.17) is 14.0 Å². The summed E-state index contributed by atoms with van der Waals surface area (Å²) >= 11 is 0. The van der Waals surface area contributed by atoms with Gasteiger partial charge >= 0.3 is 19.8 Å². The van der Waals surface area contributed by atoms with Crippen LogP contribution in [0.1, 0.15) is 168 Å². The van der Waals surface area contributed by atoms with Crippen LogP contribution in [0.3, 0.4) is 0 Å². The number of phosphoric acid groups is 1. The van der Waals surface area contributed by atoms with Gasteiger partial charge in [0.1, 0.15) is 6.61 Å². The highest BCUT2D eigenvalue weighted by Crippen LogP contribution is 2.42. The Balaban J connectivity index is 4.09. The standard InChI is InChI=1S/C44H75O8P/c1-4-6-8-10-12-14-16-18-20-21-22-23-25-27-29-31-33-35-37-39-44(46)52-42(41-51-53(47,48)49-3)40-50-43(45)38-36-34-32-30-28-26-24-19-17-15-13-11-9-7-5-2/h6,8,12-15,18-20,22-24,42H,4-5,7,9-11,16-17,21,25-41H2,1-3H3,(H,47,48)/b8-6-,14-12-,15-13-,20-18-,23-22-,24-19-. The molecule has 0 heterocycles. The van der Waals surface area contributed by atoms with E-state index >= 15 is 0 Å². The number of carbonyl (C=O) groups excluding carboxylic acids is 2. The monoisotopic (exact) mass is 763 g/mol. The summed E-state index contributed by atoms with van der Waals surface area (Å²) in [6, 6.07) is 0. The fraction of sp³-hybridized carbons (Fsp3) is 0.682. The minimum absolute atomic E-state index is 0.222.